The molecule has 0 atom stereocenters. The van der Waals surface area contributed by atoms with Gasteiger partial charge in [-0.05, 0) is 45.0 Å². The molecule has 1 amide bonds. The number of para-hydroxylation sites is 1. The van der Waals surface area contributed by atoms with Gasteiger partial charge in [-0.1, -0.05) is 12.1 Å². The molecule has 2 aromatic carbocycles. The molecule has 8 nitrogen and oxygen atoms in total. The zero-order valence-corrected chi connectivity index (χ0v) is 17.3. The number of hydrogen-bond donors (Lipinski definition) is 1. The van der Waals surface area contributed by atoms with Crippen LogP contribution >= 0.6 is 0 Å². The predicted molar refractivity (Wildman–Crippen MR) is 116 cm³/mol. The zero-order valence-electron chi connectivity index (χ0n) is 17.3. The summed E-state index contributed by atoms with van der Waals surface area (Å²) in [5.41, 5.74) is -0.0170. The van der Waals surface area contributed by atoms with Crippen molar-refractivity contribution in [1.29, 1.82) is 0 Å². The summed E-state index contributed by atoms with van der Waals surface area (Å²) in [4.78, 5) is 38.2. The highest BCUT2D eigenvalue weighted by Crippen LogP contribution is 2.29. The topological polar surface area (TPSA) is 91.6 Å². The van der Waals surface area contributed by atoms with Crippen molar-refractivity contribution in [3.63, 3.8) is 0 Å². The number of nitrogens with zero attached hydrogens (tertiary/aromatic N) is 2. The second-order valence-electron chi connectivity index (χ2n) is 6.51. The molecule has 0 aliphatic carbocycles. The zero-order chi connectivity index (χ0) is 21.7. The Labute approximate surface area is 173 Å². The number of rotatable bonds is 8. The van der Waals surface area contributed by atoms with Crippen LogP contribution in [0.5, 0.6) is 11.5 Å². The van der Waals surface area contributed by atoms with Crippen molar-refractivity contribution in [2.24, 2.45) is 0 Å². The van der Waals surface area contributed by atoms with Crippen LogP contribution in [0.2, 0.25) is 0 Å². The lowest BCUT2D eigenvalue weighted by Crippen LogP contribution is -2.41. The summed E-state index contributed by atoms with van der Waals surface area (Å²) < 4.78 is 13.5. The summed E-state index contributed by atoms with van der Waals surface area (Å²) >= 11 is 0. The van der Waals surface area contributed by atoms with Gasteiger partial charge in [0.15, 0.2) is 0 Å². The van der Waals surface area contributed by atoms with Crippen LogP contribution in [0, 0.1) is 0 Å². The fourth-order valence-electron chi connectivity index (χ4n) is 3.28. The number of amides is 1. The maximum Gasteiger partial charge on any atom is 0.331 e. The molecule has 0 fully saturated rings. The van der Waals surface area contributed by atoms with Crippen molar-refractivity contribution >= 4 is 22.5 Å². The first-order chi connectivity index (χ1) is 14.5. The van der Waals surface area contributed by atoms with E-state index < -0.39 is 11.6 Å². The van der Waals surface area contributed by atoms with Crippen molar-refractivity contribution in [1.82, 2.24) is 9.13 Å². The molecule has 1 N–H and O–H groups in total. The fourth-order valence-corrected chi connectivity index (χ4v) is 3.28. The molecule has 3 rings (SSSR count). The molecule has 0 aliphatic rings. The molecule has 30 heavy (non-hydrogen) atoms. The van der Waals surface area contributed by atoms with Gasteiger partial charge in [0.25, 0.3) is 5.56 Å². The lowest BCUT2D eigenvalue weighted by atomic mass is 10.2. The van der Waals surface area contributed by atoms with E-state index in [1.807, 2.05) is 13.8 Å². The number of ether oxygens (including phenoxy) is 2. The molecule has 1 heterocycles. The first kappa shape index (κ1) is 21.2. The Morgan fingerprint density at radius 2 is 1.70 bits per heavy atom. The van der Waals surface area contributed by atoms with Crippen LogP contribution in [-0.4, -0.2) is 28.3 Å². The van der Waals surface area contributed by atoms with E-state index in [0.717, 1.165) is 4.57 Å². The van der Waals surface area contributed by atoms with Gasteiger partial charge in [0.05, 0.1) is 29.8 Å². The number of aromatic nitrogens is 2. The number of benzene rings is 2. The Morgan fingerprint density at radius 1 is 0.967 bits per heavy atom. The summed E-state index contributed by atoms with van der Waals surface area (Å²) in [7, 11) is 0. The quantitative estimate of drug-likeness (QED) is 0.615. The predicted octanol–water partition coefficient (Wildman–Crippen LogP) is 2.62. The van der Waals surface area contributed by atoms with Crippen molar-refractivity contribution in [2.45, 2.75) is 33.9 Å². The lowest BCUT2D eigenvalue weighted by Gasteiger charge is -2.15. The molecule has 0 aliphatic heterocycles. The molecule has 0 unspecified atom stereocenters. The number of carbonyl (C=O) groups is 1. The molecule has 0 spiro atoms. The molecule has 8 heteroatoms. The van der Waals surface area contributed by atoms with E-state index in [1.54, 1.807) is 49.4 Å². The van der Waals surface area contributed by atoms with Crippen molar-refractivity contribution in [3.8, 4) is 11.5 Å². The highest BCUT2D eigenvalue weighted by molar-refractivity contribution is 5.93. The molecule has 0 bridgehead atoms. The van der Waals surface area contributed by atoms with Crippen LogP contribution in [0.25, 0.3) is 10.9 Å². The van der Waals surface area contributed by atoms with Crippen molar-refractivity contribution in [3.05, 3.63) is 63.3 Å². The SMILES string of the molecule is CCOc1ccc(OCC)c(NC(=O)Cn2c(=O)n(CC)c(=O)c3ccccc32)c1. The van der Waals surface area contributed by atoms with Crippen LogP contribution in [0.1, 0.15) is 20.8 Å². The third-order valence-corrected chi connectivity index (χ3v) is 4.59. The van der Waals surface area contributed by atoms with Crippen LogP contribution in [0.3, 0.4) is 0 Å². The van der Waals surface area contributed by atoms with E-state index in [-0.39, 0.29) is 18.6 Å². The second kappa shape index (κ2) is 9.30. The number of hydrogen-bond acceptors (Lipinski definition) is 5. The second-order valence-corrected chi connectivity index (χ2v) is 6.51. The molecule has 158 valence electrons. The van der Waals surface area contributed by atoms with E-state index in [4.69, 9.17) is 9.47 Å². The first-order valence-electron chi connectivity index (χ1n) is 9.92. The maximum atomic E-state index is 12.8. The third kappa shape index (κ3) is 4.22. The highest BCUT2D eigenvalue weighted by atomic mass is 16.5. The van der Waals surface area contributed by atoms with Gasteiger partial charge in [-0.25, -0.2) is 4.79 Å². The molecule has 0 saturated heterocycles. The van der Waals surface area contributed by atoms with Gasteiger partial charge in [-0.15, -0.1) is 0 Å². The average Bonchev–Trinajstić information content (AvgIpc) is 2.74. The van der Waals surface area contributed by atoms with E-state index in [2.05, 4.69) is 5.32 Å². The Hall–Kier alpha value is -3.55. The fraction of sp³-hybridized carbons (Fsp3) is 0.318. The molecule has 0 saturated carbocycles. The van der Waals surface area contributed by atoms with Gasteiger partial charge in [0.2, 0.25) is 5.91 Å². The minimum atomic E-state index is -0.524. The van der Waals surface area contributed by atoms with E-state index >= 15 is 0 Å². The minimum Gasteiger partial charge on any atom is -0.494 e. The van der Waals surface area contributed by atoms with Gasteiger partial charge in [0, 0.05) is 12.6 Å². The minimum absolute atomic E-state index is 0.217. The standard InChI is InChI=1S/C22H25N3O5/c1-4-24-21(27)16-9-7-8-10-18(16)25(22(24)28)14-20(26)23-17-13-15(29-5-2)11-12-19(17)30-6-3/h7-13H,4-6,14H2,1-3H3,(H,23,26). The highest BCUT2D eigenvalue weighted by Gasteiger charge is 2.16. The summed E-state index contributed by atoms with van der Waals surface area (Å²) in [6.45, 7) is 6.33. The smallest absolute Gasteiger partial charge is 0.331 e. The monoisotopic (exact) mass is 411 g/mol. The van der Waals surface area contributed by atoms with E-state index in [0.29, 0.717) is 41.3 Å². The summed E-state index contributed by atoms with van der Waals surface area (Å²) in [5.74, 6) is 0.682. The normalized spacial score (nSPS) is 10.8. The first-order valence-corrected chi connectivity index (χ1v) is 9.92. The van der Waals surface area contributed by atoms with E-state index in [1.165, 1.54) is 4.57 Å². The molecular weight excluding hydrogens is 386 g/mol. The Kier molecular flexibility index (Phi) is 6.56. The number of nitrogens with one attached hydrogen (secondary N) is 1. The third-order valence-electron chi connectivity index (χ3n) is 4.59. The van der Waals surface area contributed by atoms with Gasteiger partial charge < -0.3 is 14.8 Å². The Bertz CT molecular complexity index is 1180. The number of carbonyl (C=O) groups excluding carboxylic acids is 1. The molecule has 0 radical (unpaired) electrons. The van der Waals surface area contributed by atoms with Crippen LogP contribution in [-0.2, 0) is 17.9 Å². The van der Waals surface area contributed by atoms with Crippen LogP contribution < -0.4 is 26.0 Å². The molecule has 1 aromatic heterocycles. The Morgan fingerprint density at radius 3 is 2.40 bits per heavy atom. The van der Waals surface area contributed by atoms with Crippen LogP contribution in [0.15, 0.2) is 52.1 Å². The van der Waals surface area contributed by atoms with Crippen LogP contribution in [0.4, 0.5) is 5.69 Å². The van der Waals surface area contributed by atoms with Gasteiger partial charge in [0.1, 0.15) is 18.0 Å². The number of anilines is 1. The average molecular weight is 411 g/mol. The van der Waals surface area contributed by atoms with Crippen molar-refractivity contribution in [2.75, 3.05) is 18.5 Å². The summed E-state index contributed by atoms with van der Waals surface area (Å²) in [6, 6.07) is 11.9. The van der Waals surface area contributed by atoms with Gasteiger partial charge >= 0.3 is 5.69 Å². The van der Waals surface area contributed by atoms with Crippen molar-refractivity contribution < 1.29 is 14.3 Å². The summed E-state index contributed by atoms with van der Waals surface area (Å²) in [6.07, 6.45) is 0. The summed E-state index contributed by atoms with van der Waals surface area (Å²) in [5, 5.41) is 3.18. The largest absolute Gasteiger partial charge is 0.494 e. The molecule has 3 aromatic rings. The van der Waals surface area contributed by atoms with Gasteiger partial charge in [-0.2, -0.15) is 0 Å². The maximum absolute atomic E-state index is 12.8. The van der Waals surface area contributed by atoms with E-state index in [9.17, 15) is 14.4 Å². The Balaban J connectivity index is 1.98. The lowest BCUT2D eigenvalue weighted by molar-refractivity contribution is -0.116. The van der Waals surface area contributed by atoms with Gasteiger partial charge in [-0.3, -0.25) is 18.7 Å². The molecular formula is C22H25N3O5. The number of fused-ring (bicyclic) bond motifs is 1.